The van der Waals surface area contributed by atoms with E-state index in [0.29, 0.717) is 0 Å². The predicted octanol–water partition coefficient (Wildman–Crippen LogP) is 2.43. The first-order valence-corrected chi connectivity index (χ1v) is 5.51. The molecule has 0 saturated heterocycles. The van der Waals surface area contributed by atoms with Crippen LogP contribution in [0.15, 0.2) is 54.7 Å². The second-order valence-electron chi connectivity index (χ2n) is 2.75. The van der Waals surface area contributed by atoms with Crippen LogP contribution in [0, 0.1) is 0 Å². The average molecular weight is 251 g/mol. The number of esters is 1. The van der Waals surface area contributed by atoms with Gasteiger partial charge in [0.25, 0.3) is 0 Å². The number of carbonyl (C=O) groups is 1. The number of aliphatic imine (C=N–C) groups is 1. The number of methoxy groups -OCH3 is 1. The van der Waals surface area contributed by atoms with Gasteiger partial charge in [0.1, 0.15) is 6.10 Å². The van der Waals surface area contributed by atoms with Gasteiger partial charge in [-0.05, 0) is 12.2 Å². The summed E-state index contributed by atoms with van der Waals surface area (Å²) < 4.78 is 4.43. The molecular formula is C14H21NO3. The summed E-state index contributed by atoms with van der Waals surface area (Å²) in [6, 6.07) is 0. The Morgan fingerprint density at radius 1 is 1.39 bits per heavy atom. The van der Waals surface area contributed by atoms with Crippen molar-refractivity contribution in [2.24, 2.45) is 4.99 Å². The van der Waals surface area contributed by atoms with Gasteiger partial charge in [0.15, 0.2) is 0 Å². The highest BCUT2D eigenvalue weighted by molar-refractivity contribution is 6.06. The lowest BCUT2D eigenvalue weighted by atomic mass is 10.1. The van der Waals surface area contributed by atoms with Gasteiger partial charge >= 0.3 is 5.97 Å². The van der Waals surface area contributed by atoms with Gasteiger partial charge in [-0.3, -0.25) is 4.99 Å². The Hall–Kier alpha value is -1.94. The zero-order valence-electron chi connectivity index (χ0n) is 11.2. The van der Waals surface area contributed by atoms with Gasteiger partial charge in [-0.15, -0.1) is 0 Å². The third-order valence-corrected chi connectivity index (χ3v) is 1.71. The normalized spacial score (nSPS) is 12.1. The molecule has 1 unspecified atom stereocenters. The Morgan fingerprint density at radius 3 is 2.33 bits per heavy atom. The van der Waals surface area contributed by atoms with Crippen LogP contribution in [0.2, 0.25) is 0 Å². The van der Waals surface area contributed by atoms with Crippen molar-refractivity contribution in [2.45, 2.75) is 20.0 Å². The summed E-state index contributed by atoms with van der Waals surface area (Å²) in [5, 5.41) is 9.72. The molecule has 0 fully saturated rings. The molecule has 0 bridgehead atoms. The van der Waals surface area contributed by atoms with Gasteiger partial charge in [0, 0.05) is 6.20 Å². The van der Waals surface area contributed by atoms with Crippen molar-refractivity contribution in [3.8, 4) is 0 Å². The number of rotatable bonds is 6. The van der Waals surface area contributed by atoms with Crippen LogP contribution in [0.1, 0.15) is 13.8 Å². The molecule has 0 saturated carbocycles. The number of aliphatic hydroxyl groups excluding tert-OH is 1. The molecular weight excluding hydrogens is 230 g/mol. The van der Waals surface area contributed by atoms with Gasteiger partial charge in [0.05, 0.1) is 18.4 Å². The van der Waals surface area contributed by atoms with Crippen molar-refractivity contribution in [1.29, 1.82) is 0 Å². The molecule has 0 aliphatic carbocycles. The van der Waals surface area contributed by atoms with E-state index in [4.69, 9.17) is 0 Å². The number of hydrogen-bond acceptors (Lipinski definition) is 4. The van der Waals surface area contributed by atoms with Crippen molar-refractivity contribution in [3.05, 3.63) is 49.7 Å². The van der Waals surface area contributed by atoms with Crippen molar-refractivity contribution in [2.75, 3.05) is 7.11 Å². The first-order chi connectivity index (χ1) is 8.58. The third-order valence-electron chi connectivity index (χ3n) is 1.71. The number of aliphatic hydroxyl groups is 1. The highest BCUT2D eigenvalue weighted by atomic mass is 16.5. The molecule has 1 atom stereocenters. The van der Waals surface area contributed by atoms with Crippen molar-refractivity contribution in [1.82, 2.24) is 0 Å². The van der Waals surface area contributed by atoms with E-state index in [0.717, 1.165) is 0 Å². The minimum Gasteiger partial charge on any atom is -0.466 e. The third kappa shape index (κ3) is 6.60. The molecule has 1 N–H and O–H groups in total. The average Bonchev–Trinajstić information content (AvgIpc) is 2.43. The molecule has 100 valence electrons. The molecule has 0 radical (unpaired) electrons. The van der Waals surface area contributed by atoms with Gasteiger partial charge < -0.3 is 9.84 Å². The van der Waals surface area contributed by atoms with E-state index in [9.17, 15) is 9.90 Å². The maximum atomic E-state index is 11.1. The Balaban J connectivity index is 0. The summed E-state index contributed by atoms with van der Waals surface area (Å²) in [7, 11) is 1.21. The number of hydrogen-bond donors (Lipinski definition) is 1. The summed E-state index contributed by atoms with van der Waals surface area (Å²) >= 11 is 0. The number of ether oxygens (including phenoxy) is 1. The molecule has 0 aromatic heterocycles. The second kappa shape index (κ2) is 11.5. The van der Waals surface area contributed by atoms with E-state index in [1.807, 2.05) is 13.8 Å². The molecule has 0 amide bonds. The quantitative estimate of drug-likeness (QED) is 0.341. The molecule has 0 aromatic carbocycles. The summed E-state index contributed by atoms with van der Waals surface area (Å²) in [4.78, 5) is 15.0. The molecule has 4 heteroatoms. The maximum Gasteiger partial charge on any atom is 0.336 e. The molecule has 0 aromatic rings. The molecule has 4 nitrogen and oxygen atoms in total. The van der Waals surface area contributed by atoms with Crippen LogP contribution >= 0.6 is 0 Å². The molecule has 0 heterocycles. The van der Waals surface area contributed by atoms with Crippen molar-refractivity contribution >= 4 is 11.7 Å². The Bertz CT molecular complexity index is 354. The number of allylic oxidation sites excluding steroid dienone is 2. The zero-order chi connectivity index (χ0) is 14.6. The Morgan fingerprint density at radius 2 is 1.94 bits per heavy atom. The van der Waals surface area contributed by atoms with Crippen LogP contribution in [-0.4, -0.2) is 30.0 Å². The van der Waals surface area contributed by atoms with E-state index in [1.165, 1.54) is 25.5 Å². The van der Waals surface area contributed by atoms with Crippen LogP contribution in [-0.2, 0) is 9.53 Å². The first kappa shape index (κ1) is 18.4. The number of nitrogens with zero attached hydrogens (tertiary/aromatic N) is 1. The van der Waals surface area contributed by atoms with Gasteiger partial charge in [-0.1, -0.05) is 39.7 Å². The highest BCUT2D eigenvalue weighted by Crippen LogP contribution is 2.05. The summed E-state index contributed by atoms with van der Waals surface area (Å²) in [5.41, 5.74) is 0.127. The Labute approximate surface area is 109 Å². The summed E-state index contributed by atoms with van der Waals surface area (Å²) in [6.45, 7) is 14.4. The fraction of sp³-hybridized carbons (Fsp3) is 0.286. The summed E-state index contributed by atoms with van der Waals surface area (Å²) in [5.74, 6) is -0.685. The number of carbonyl (C=O) groups excluding carboxylic acids is 1. The minimum atomic E-state index is -1.22. The second-order valence-corrected chi connectivity index (χ2v) is 2.75. The maximum absolute atomic E-state index is 11.1. The van der Waals surface area contributed by atoms with Crippen molar-refractivity contribution < 1.29 is 14.6 Å². The van der Waals surface area contributed by atoms with Gasteiger partial charge in [-0.25, -0.2) is 4.79 Å². The van der Waals surface area contributed by atoms with Gasteiger partial charge in [-0.2, -0.15) is 0 Å². The largest absolute Gasteiger partial charge is 0.466 e. The van der Waals surface area contributed by atoms with Crippen molar-refractivity contribution in [3.63, 3.8) is 0 Å². The fourth-order valence-corrected chi connectivity index (χ4v) is 0.846. The van der Waals surface area contributed by atoms with Crippen LogP contribution in [0.25, 0.3) is 0 Å². The van der Waals surface area contributed by atoms with Gasteiger partial charge in [0.2, 0.25) is 0 Å². The zero-order valence-corrected chi connectivity index (χ0v) is 11.2. The molecule has 0 rings (SSSR count). The van der Waals surface area contributed by atoms with E-state index >= 15 is 0 Å². The monoisotopic (exact) mass is 251 g/mol. The summed E-state index contributed by atoms with van der Waals surface area (Å²) in [6.07, 6.45) is 4.66. The van der Waals surface area contributed by atoms with Crippen LogP contribution in [0.4, 0.5) is 0 Å². The predicted molar refractivity (Wildman–Crippen MR) is 75.5 cm³/mol. The smallest absolute Gasteiger partial charge is 0.336 e. The molecule has 18 heavy (non-hydrogen) atoms. The van der Waals surface area contributed by atoms with E-state index in [2.05, 4.69) is 29.5 Å². The lowest BCUT2D eigenvalue weighted by molar-refractivity contribution is -0.136. The topological polar surface area (TPSA) is 58.9 Å². The van der Waals surface area contributed by atoms with Crippen LogP contribution in [0.5, 0.6) is 0 Å². The lowest BCUT2D eigenvalue weighted by Crippen LogP contribution is -2.25. The minimum absolute atomic E-state index is 0.0897. The highest BCUT2D eigenvalue weighted by Gasteiger charge is 2.20. The van der Waals surface area contributed by atoms with Crippen LogP contribution in [0.3, 0.4) is 0 Å². The van der Waals surface area contributed by atoms with E-state index in [1.54, 1.807) is 6.08 Å². The molecule has 0 aliphatic rings. The lowest BCUT2D eigenvalue weighted by Gasteiger charge is -2.11. The van der Waals surface area contributed by atoms with E-state index < -0.39 is 12.1 Å². The fourth-order valence-electron chi connectivity index (χ4n) is 0.846. The SMILES string of the molecule is C=C/C=C\N=C(C=C)C(O)C(=C)C(=O)OC.CC. The first-order valence-electron chi connectivity index (χ1n) is 5.51. The Kier molecular flexibility index (Phi) is 11.8. The molecule has 0 spiro atoms. The van der Waals surface area contributed by atoms with Crippen LogP contribution < -0.4 is 0 Å². The standard InChI is InChI=1S/C12H15NO3.C2H6/c1-5-7-8-13-10(6-2)11(14)9(3)12(15)16-4;1-2/h5-8,11,14H,1-3H2,4H3;1-2H3/b8-7-,13-10?;. The van der Waals surface area contributed by atoms with E-state index in [-0.39, 0.29) is 11.3 Å². The molecule has 0 aliphatic heterocycles.